The average molecular weight is 1950 g/mol. The number of aliphatic imine (C=N–C) groups is 1. The predicted octanol–water partition coefficient (Wildman–Crippen LogP) is 22.9. The van der Waals surface area contributed by atoms with Gasteiger partial charge in [0.2, 0.25) is 0 Å². The van der Waals surface area contributed by atoms with E-state index in [9.17, 15) is 33.4 Å². The Morgan fingerprint density at radius 1 is 0.588 bits per heavy atom. The number of ether oxygens (including phenoxy) is 6. The molecule has 0 bridgehead atoms. The lowest BCUT2D eigenvalue weighted by molar-refractivity contribution is -0.108. The van der Waals surface area contributed by atoms with Crippen molar-refractivity contribution >= 4 is 90.5 Å². The lowest BCUT2D eigenvalue weighted by atomic mass is 9.80. The van der Waals surface area contributed by atoms with Crippen molar-refractivity contribution in [3.63, 3.8) is 0 Å². The number of benzene rings is 3. The fourth-order valence-electron chi connectivity index (χ4n) is 13.1. The van der Waals surface area contributed by atoms with Crippen LogP contribution in [0.1, 0.15) is 227 Å². The van der Waals surface area contributed by atoms with Crippen LogP contribution in [-0.2, 0) is 67.2 Å². The van der Waals surface area contributed by atoms with E-state index in [4.69, 9.17) is 83.8 Å². The van der Waals surface area contributed by atoms with Gasteiger partial charge in [0.05, 0.1) is 83.5 Å². The van der Waals surface area contributed by atoms with E-state index < -0.39 is 43.4 Å². The van der Waals surface area contributed by atoms with Crippen LogP contribution < -0.4 is 5.73 Å². The zero-order valence-corrected chi connectivity index (χ0v) is 90.8. The molecule has 752 valence electrons. The molecule has 8 rings (SSSR count). The van der Waals surface area contributed by atoms with Crippen molar-refractivity contribution in [3.05, 3.63) is 158 Å². The first-order valence-corrected chi connectivity index (χ1v) is 60.1. The van der Waals surface area contributed by atoms with Crippen molar-refractivity contribution in [1.29, 1.82) is 0 Å². The predicted molar refractivity (Wildman–Crippen MR) is 550 cm³/mol. The molecule has 0 saturated heterocycles. The molecule has 0 aromatic heterocycles. The number of methoxy groups -OCH3 is 6. The summed E-state index contributed by atoms with van der Waals surface area (Å²) in [6, 6.07) is 22.6. The van der Waals surface area contributed by atoms with Gasteiger partial charge in [-0.3, -0.25) is 9.79 Å². The zero-order valence-electron chi connectivity index (χ0n) is 85.2. The third-order valence-electron chi connectivity index (χ3n) is 25.9. The highest BCUT2D eigenvalue weighted by atomic mass is 35.6. The second-order valence-corrected chi connectivity index (χ2v) is 62.1. The number of rotatable bonds is 40. The van der Waals surface area contributed by atoms with Crippen molar-refractivity contribution in [1.82, 2.24) is 0 Å². The lowest BCUT2D eigenvalue weighted by Crippen LogP contribution is -2.45. The lowest BCUT2D eigenvalue weighted by Gasteiger charge is -2.38. The molecule has 7 N–H and O–H groups in total. The van der Waals surface area contributed by atoms with Gasteiger partial charge in [0, 0.05) is 129 Å². The number of carbonyl (C=O) groups excluding carboxylic acids is 3. The minimum absolute atomic E-state index is 0.0372. The van der Waals surface area contributed by atoms with E-state index >= 15 is 0 Å². The van der Waals surface area contributed by atoms with Gasteiger partial charge in [0.25, 0.3) is 0 Å². The Bertz CT molecular complexity index is 3700. The highest BCUT2D eigenvalue weighted by molar-refractivity contribution is 8.14. The molecule has 7 unspecified atom stereocenters. The van der Waals surface area contributed by atoms with E-state index in [1.165, 1.54) is 24.1 Å². The minimum Gasteiger partial charge on any atom is -0.417 e. The topological polar surface area (TPSA) is 308 Å². The summed E-state index contributed by atoms with van der Waals surface area (Å²) in [7, 11) is 3.86. The van der Waals surface area contributed by atoms with Gasteiger partial charge in [-0.05, 0) is 174 Å². The molecule has 12 atom stereocenters. The number of hydrogen-bond donors (Lipinski definition) is 6. The maximum atomic E-state index is 14.7. The van der Waals surface area contributed by atoms with Crippen LogP contribution in [0.3, 0.4) is 0 Å². The molecule has 30 heteroatoms. The fourth-order valence-corrected chi connectivity index (χ4v) is 17.7. The molecule has 2 heterocycles. The quantitative estimate of drug-likeness (QED) is 0.00355. The van der Waals surface area contributed by atoms with Crippen molar-refractivity contribution in [2.45, 2.75) is 331 Å². The van der Waals surface area contributed by atoms with Crippen LogP contribution in [0.15, 0.2) is 145 Å². The van der Waals surface area contributed by atoms with E-state index in [-0.39, 0.29) is 102 Å². The van der Waals surface area contributed by atoms with Crippen molar-refractivity contribution < 1.29 is 95.3 Å². The normalized spacial score (nSPS) is 20.7. The van der Waals surface area contributed by atoms with Gasteiger partial charge in [-0.15, -0.1) is 43.2 Å². The summed E-state index contributed by atoms with van der Waals surface area (Å²) in [5, 5.41) is 52.6. The molecule has 0 amide bonds. The van der Waals surface area contributed by atoms with Crippen LogP contribution in [-0.4, -0.2) is 231 Å². The number of aldehydes is 2. The number of hydrogen-bond acceptors (Lipinski definition) is 23. The number of aliphatic hydroxyl groups is 4. The molecule has 3 saturated carbocycles. The largest absolute Gasteiger partial charge is 0.417 e. The van der Waals surface area contributed by atoms with Crippen LogP contribution in [0.25, 0.3) is 0 Å². The number of fused-ring (bicyclic) bond motifs is 2. The smallest absolute Gasteiger partial charge is 0.191 e. The highest BCUT2D eigenvalue weighted by Gasteiger charge is 2.54. The van der Waals surface area contributed by atoms with Crippen LogP contribution in [0.5, 0.6) is 0 Å². The molecular formula is C101H177ClF2N4O18SSi4. The minimum atomic E-state index is -1.59. The molecule has 2 aliphatic heterocycles. The molecule has 0 spiro atoms. The second-order valence-electron chi connectivity index (χ2n) is 39.3. The number of halogens is 3. The number of nitrogens with two attached hydrogens (primary N) is 1. The number of thioether (sulfide) groups is 1. The first-order valence-electron chi connectivity index (χ1n) is 46.4. The van der Waals surface area contributed by atoms with E-state index in [0.29, 0.717) is 64.5 Å². The van der Waals surface area contributed by atoms with Crippen LogP contribution >= 0.6 is 22.8 Å². The first-order chi connectivity index (χ1) is 61.3. The Hall–Kier alpha value is -4.95. The average Bonchev–Trinajstić information content (AvgIpc) is 1.59. The number of unbranched alkanes of at least 4 members (excludes halogenated alkanes) is 2. The van der Waals surface area contributed by atoms with E-state index in [1.54, 1.807) is 103 Å². The zero-order chi connectivity index (χ0) is 101. The van der Waals surface area contributed by atoms with Crippen molar-refractivity contribution in [3.8, 4) is 0 Å². The summed E-state index contributed by atoms with van der Waals surface area (Å²) in [6.07, 6.45) is 25.0. The summed E-state index contributed by atoms with van der Waals surface area (Å²) >= 11 is 7.76. The fraction of sp³-hybridized carbons (Fsp3) is 0.683. The number of Topliss-reactive ketones (excluding diaryl/α,β-unsaturated/α-hetero) is 1. The summed E-state index contributed by atoms with van der Waals surface area (Å²) in [5.74, 6) is 0.599. The van der Waals surface area contributed by atoms with E-state index in [1.807, 2.05) is 42.5 Å². The van der Waals surface area contributed by atoms with Gasteiger partial charge in [0.15, 0.2) is 38.1 Å². The Labute approximate surface area is 803 Å². The Kier molecular flexibility index (Phi) is 65.1. The van der Waals surface area contributed by atoms with Crippen molar-refractivity contribution in [2.75, 3.05) is 94.7 Å². The summed E-state index contributed by atoms with van der Waals surface area (Å²) < 4.78 is 77.5. The number of aliphatic hydroxyl groups excluding tert-OH is 4. The molecule has 131 heavy (non-hydrogen) atoms. The van der Waals surface area contributed by atoms with Crippen LogP contribution in [0.2, 0.25) is 72.5 Å². The standard InChI is InChI=1S/C22H22FNO2S.C13H18FNO2.C12H26O2Si.C10H24O2Si.C10H22O2Si.C7H11NO2.C7H13NO2.C7H14O2.C7H12O2.C6H15ClSi/c1-26-20-11-12-22(16-9-5-6-10-18(16)23)17(20)14-27-21(24-22)13-19(25)15-7-3-2-4-8-15;1-17-12-6-7-13(15,10(12)8-16)9-4-2-3-5-11(9)14;1-7-11(13)9-8-10-14-15(5,6)12(2,3)4;2*1-10(2,3)13(4,5)12-9-7-6-8-11;1-9-7-3-2-6-5(7)4-10-8-6;1-3-7(10-2)5-4-6-8-9;2*1-3-7(9-2)5-4-6-8;1-6(2,3)8(4,5)7/h2-10,17,20H,11-14H2,1H3;2-5,10,12,16H,6-8,15H2,1H3;7,11,13H,1,8-10H2,2-6H3;11H,6-9H2,1-5H3;8H,6-7,9H2,1-5H3;5,7H,2-4H2,1H3;3,6-7,9H,1,4-5H2,2H3;3,7-8H,1,4-6H2,2H3;3,6-7H,1,4-5H2,2H3;1-5H3/b;;;;;;8-6-;;;/t17-,20?,22-;10-,12?,13-;;;;5-,7?;;;;/m11...0..../s1. The third kappa shape index (κ3) is 47.8. The van der Waals surface area contributed by atoms with Gasteiger partial charge in [-0.2, -0.15) is 11.1 Å². The first kappa shape index (κ1) is 128. The van der Waals surface area contributed by atoms with Gasteiger partial charge >= 0.3 is 0 Å². The molecule has 3 aliphatic carbocycles. The Balaban J connectivity index is 0. The number of nitrogens with zero attached hydrogens (tertiary/aromatic N) is 3. The number of ketones is 1. The SMILES string of the molecule is C=CC(CC/C=N\O)OC.C=CC(CCC=O)OC.C=CC(CCCO)OC.C=CC(O)CCCO[Si](C)(C)C(C)(C)C.CC(C)(C)[Si](C)(C)Cl.CC(C)(C)[Si](C)(C)OCCCC=O.CC(C)(C)[Si](C)(C)OCCCCO.COC1CCC2=NOC[C@@H]21.COC1CC[C@@](N)(c2ccccc2F)[C@@H]1CO.COC1CC[C@]2(c3ccccc3F)N=C(CC(=O)c3ccccc3)SC[C@H]12. The van der Waals surface area contributed by atoms with E-state index in [0.717, 1.165) is 140 Å². The molecule has 3 aromatic carbocycles. The number of carbonyl (C=O) groups is 3. The molecule has 22 nitrogen and oxygen atoms in total. The molecule has 3 fully saturated rings. The van der Waals surface area contributed by atoms with Crippen LogP contribution in [0, 0.1) is 29.4 Å². The highest BCUT2D eigenvalue weighted by Crippen LogP contribution is 2.53. The van der Waals surface area contributed by atoms with Gasteiger partial charge in [0.1, 0.15) is 30.8 Å². The van der Waals surface area contributed by atoms with E-state index in [2.05, 4.69) is 172 Å². The Morgan fingerprint density at radius 3 is 1.47 bits per heavy atom. The Morgan fingerprint density at radius 2 is 1.04 bits per heavy atom. The summed E-state index contributed by atoms with van der Waals surface area (Å²) in [6.45, 7) is 62.2. The summed E-state index contributed by atoms with van der Waals surface area (Å²) in [5.41, 5.74) is 7.83. The third-order valence-corrected chi connectivity index (χ3v) is 45.9. The molecule has 3 aromatic rings. The van der Waals surface area contributed by atoms with Crippen molar-refractivity contribution in [2.24, 2.45) is 38.8 Å². The monoisotopic (exact) mass is 1950 g/mol. The molecule has 0 radical (unpaired) electrons. The molecule has 5 aliphatic rings. The van der Waals surface area contributed by atoms with Gasteiger partial charge in [-0.25, -0.2) is 8.78 Å². The summed E-state index contributed by atoms with van der Waals surface area (Å²) in [4.78, 5) is 42.5. The molecular weight excluding hydrogens is 1770 g/mol. The van der Waals surface area contributed by atoms with Crippen LogP contribution in [0.4, 0.5) is 8.78 Å². The second kappa shape index (κ2) is 66.5. The maximum Gasteiger partial charge on any atom is 0.191 e. The maximum absolute atomic E-state index is 14.7. The number of oxime groups is 2. The van der Waals surface area contributed by atoms with Gasteiger partial charge < -0.3 is 87.5 Å². The van der Waals surface area contributed by atoms with Gasteiger partial charge in [-0.1, -0.05) is 192 Å².